The van der Waals surface area contributed by atoms with Crippen molar-refractivity contribution >= 4 is 11.5 Å². The molecule has 0 bridgehead atoms. The first kappa shape index (κ1) is 23.1. The molecule has 1 aliphatic rings. The molecule has 0 aliphatic carbocycles. The van der Waals surface area contributed by atoms with E-state index in [0.29, 0.717) is 35.2 Å². The number of piperidine rings is 1. The molecule has 1 fully saturated rings. The molecule has 2 atom stereocenters. The van der Waals surface area contributed by atoms with Gasteiger partial charge >= 0.3 is 6.01 Å². The van der Waals surface area contributed by atoms with E-state index >= 15 is 0 Å². The summed E-state index contributed by atoms with van der Waals surface area (Å²) >= 11 is 0. The molecule has 3 aromatic heterocycles. The molecule has 1 aliphatic heterocycles. The van der Waals surface area contributed by atoms with Gasteiger partial charge in [-0.1, -0.05) is 6.07 Å². The predicted molar refractivity (Wildman–Crippen MR) is 128 cm³/mol. The molecule has 8 nitrogen and oxygen atoms in total. The summed E-state index contributed by atoms with van der Waals surface area (Å²) in [4.78, 5) is 15.9. The number of rotatable bonds is 7. The maximum Gasteiger partial charge on any atom is 0.318 e. The van der Waals surface area contributed by atoms with Crippen LogP contribution in [0.3, 0.4) is 0 Å². The number of aromatic nitrogens is 5. The van der Waals surface area contributed by atoms with Gasteiger partial charge in [0, 0.05) is 42.6 Å². The smallest absolute Gasteiger partial charge is 0.318 e. The average molecular weight is 480 g/mol. The van der Waals surface area contributed by atoms with E-state index in [1.165, 1.54) is 12.1 Å². The highest BCUT2D eigenvalue weighted by Gasteiger charge is 2.20. The topological polar surface area (TPSA) is 80.5 Å². The molecule has 182 valence electrons. The summed E-state index contributed by atoms with van der Waals surface area (Å²) < 4.78 is 35.5. The second-order valence-electron chi connectivity index (χ2n) is 8.98. The van der Waals surface area contributed by atoms with Gasteiger partial charge in [0.25, 0.3) is 0 Å². The van der Waals surface area contributed by atoms with Crippen molar-refractivity contribution in [1.29, 1.82) is 0 Å². The highest BCUT2D eigenvalue weighted by Crippen LogP contribution is 2.28. The number of hydrogen-bond donors (Lipinski definition) is 1. The average Bonchev–Trinajstić information content (AvgIpc) is 3.27. The van der Waals surface area contributed by atoms with Crippen LogP contribution in [0.1, 0.15) is 31.4 Å². The van der Waals surface area contributed by atoms with E-state index in [0.717, 1.165) is 37.6 Å². The van der Waals surface area contributed by atoms with E-state index in [1.54, 1.807) is 36.0 Å². The van der Waals surface area contributed by atoms with Crippen LogP contribution in [0.5, 0.6) is 6.01 Å². The van der Waals surface area contributed by atoms with Crippen molar-refractivity contribution in [3.8, 4) is 17.3 Å². The van der Waals surface area contributed by atoms with Crippen LogP contribution in [0.15, 0.2) is 48.9 Å². The Labute approximate surface area is 202 Å². The lowest BCUT2D eigenvalue weighted by Crippen LogP contribution is -2.34. The zero-order valence-electron chi connectivity index (χ0n) is 19.7. The van der Waals surface area contributed by atoms with Crippen LogP contribution in [-0.2, 0) is 0 Å². The Morgan fingerprint density at radius 2 is 2.11 bits per heavy atom. The number of anilines is 1. The molecule has 10 heteroatoms. The first-order valence-electron chi connectivity index (χ1n) is 11.7. The fourth-order valence-corrected chi connectivity index (χ4v) is 4.46. The molecule has 4 heterocycles. The number of hydrogen-bond acceptors (Lipinski definition) is 7. The third-order valence-electron chi connectivity index (χ3n) is 6.22. The van der Waals surface area contributed by atoms with Crippen molar-refractivity contribution < 1.29 is 13.5 Å². The molecule has 0 amide bonds. The summed E-state index contributed by atoms with van der Waals surface area (Å²) in [5.41, 5.74) is 2.28. The molecular formula is C25H27F2N7O. The molecule has 1 unspecified atom stereocenters. The number of benzene rings is 1. The molecule has 1 aromatic carbocycles. The van der Waals surface area contributed by atoms with Gasteiger partial charge < -0.3 is 15.0 Å². The molecule has 0 radical (unpaired) electrons. The van der Waals surface area contributed by atoms with Crippen LogP contribution < -0.4 is 10.1 Å². The van der Waals surface area contributed by atoms with Crippen molar-refractivity contribution in [3.63, 3.8) is 0 Å². The highest BCUT2D eigenvalue weighted by molar-refractivity contribution is 5.75. The van der Waals surface area contributed by atoms with Gasteiger partial charge in [-0.05, 0) is 45.5 Å². The van der Waals surface area contributed by atoms with Crippen LogP contribution in [-0.4, -0.2) is 56.2 Å². The highest BCUT2D eigenvalue weighted by atomic mass is 19.1. The second kappa shape index (κ2) is 9.91. The summed E-state index contributed by atoms with van der Waals surface area (Å²) in [6.45, 7) is 4.34. The normalized spacial score (nSPS) is 17.4. The summed E-state index contributed by atoms with van der Waals surface area (Å²) in [5.74, 6) is -0.392. The first-order chi connectivity index (χ1) is 17.0. The van der Waals surface area contributed by atoms with Crippen LogP contribution in [0, 0.1) is 17.6 Å². The lowest BCUT2D eigenvalue weighted by molar-refractivity contribution is 0.144. The fourth-order valence-electron chi connectivity index (χ4n) is 4.46. The number of ether oxygens (including phenoxy) is 1. The Hall–Kier alpha value is -3.66. The van der Waals surface area contributed by atoms with Crippen LogP contribution in [0.25, 0.3) is 16.9 Å². The second-order valence-corrected chi connectivity index (χ2v) is 8.98. The maximum absolute atomic E-state index is 14.4. The van der Waals surface area contributed by atoms with Crippen LogP contribution >= 0.6 is 0 Å². The SMILES string of the molecule is C[C@H](Nc1cc(-c2cnn3cccnc23)nc(OCC2CCCN(C)C2)n1)c1ccc(F)cc1F. The molecule has 1 N–H and O–H groups in total. The van der Waals surface area contributed by atoms with Gasteiger partial charge in [0.1, 0.15) is 17.5 Å². The summed E-state index contributed by atoms with van der Waals surface area (Å²) in [7, 11) is 2.11. The molecule has 0 spiro atoms. The number of nitrogens with one attached hydrogen (secondary N) is 1. The number of fused-ring (bicyclic) bond motifs is 1. The standard InChI is InChI=1S/C25H27F2N7O/c1-16(19-7-6-18(26)11-21(19)27)30-23-12-22(20-13-29-34-10-4-8-28-24(20)34)31-25(32-23)35-15-17-5-3-9-33(2)14-17/h4,6-8,10-13,16-17H,3,5,9,14-15H2,1-2H3,(H,30,31,32)/t16-,17?/m0/s1. The third-order valence-corrected chi connectivity index (χ3v) is 6.22. The summed E-state index contributed by atoms with van der Waals surface area (Å²) in [6.07, 6.45) is 7.41. The molecule has 5 rings (SSSR count). The molecule has 4 aromatic rings. The third kappa shape index (κ3) is 5.22. The van der Waals surface area contributed by atoms with Gasteiger partial charge in [0.15, 0.2) is 5.65 Å². The Morgan fingerprint density at radius 1 is 1.23 bits per heavy atom. The van der Waals surface area contributed by atoms with E-state index < -0.39 is 17.7 Å². The number of halogens is 2. The van der Waals surface area contributed by atoms with Gasteiger partial charge in [0.2, 0.25) is 0 Å². The summed E-state index contributed by atoms with van der Waals surface area (Å²) in [5, 5.41) is 7.56. The Bertz CT molecular complexity index is 1330. The Kier molecular flexibility index (Phi) is 6.54. The van der Waals surface area contributed by atoms with E-state index in [-0.39, 0.29) is 6.01 Å². The van der Waals surface area contributed by atoms with Crippen molar-refractivity contribution in [2.75, 3.05) is 32.1 Å². The van der Waals surface area contributed by atoms with E-state index in [2.05, 4.69) is 37.3 Å². The van der Waals surface area contributed by atoms with Crippen molar-refractivity contribution in [1.82, 2.24) is 29.5 Å². The van der Waals surface area contributed by atoms with E-state index in [9.17, 15) is 8.78 Å². The van der Waals surface area contributed by atoms with Gasteiger partial charge in [-0.3, -0.25) is 0 Å². The van der Waals surface area contributed by atoms with Gasteiger partial charge in [-0.2, -0.15) is 15.1 Å². The van der Waals surface area contributed by atoms with Gasteiger partial charge in [-0.25, -0.2) is 18.3 Å². The van der Waals surface area contributed by atoms with Gasteiger partial charge in [0.05, 0.1) is 30.1 Å². The maximum atomic E-state index is 14.4. The fraction of sp³-hybridized carbons (Fsp3) is 0.360. The zero-order valence-corrected chi connectivity index (χ0v) is 19.7. The Morgan fingerprint density at radius 3 is 2.94 bits per heavy atom. The van der Waals surface area contributed by atoms with Crippen molar-refractivity contribution in [3.05, 3.63) is 66.1 Å². The number of likely N-dealkylation sites (tertiary alicyclic amines) is 1. The van der Waals surface area contributed by atoms with E-state index in [1.807, 2.05) is 6.20 Å². The molecule has 1 saturated heterocycles. The molecule has 35 heavy (non-hydrogen) atoms. The van der Waals surface area contributed by atoms with E-state index in [4.69, 9.17) is 4.74 Å². The monoisotopic (exact) mass is 479 g/mol. The Balaban J connectivity index is 1.45. The van der Waals surface area contributed by atoms with Gasteiger partial charge in [-0.15, -0.1) is 0 Å². The number of nitrogens with zero attached hydrogens (tertiary/aromatic N) is 6. The summed E-state index contributed by atoms with van der Waals surface area (Å²) in [6, 6.07) is 6.84. The molecular weight excluding hydrogens is 452 g/mol. The van der Waals surface area contributed by atoms with Crippen molar-refractivity contribution in [2.24, 2.45) is 5.92 Å². The molecule has 0 saturated carbocycles. The van der Waals surface area contributed by atoms with Crippen LogP contribution in [0.2, 0.25) is 0 Å². The first-order valence-corrected chi connectivity index (χ1v) is 11.7. The van der Waals surface area contributed by atoms with Crippen LogP contribution in [0.4, 0.5) is 14.6 Å². The zero-order chi connectivity index (χ0) is 24.4. The minimum absolute atomic E-state index is 0.222. The predicted octanol–water partition coefficient (Wildman–Crippen LogP) is 4.36. The minimum Gasteiger partial charge on any atom is -0.463 e. The lowest BCUT2D eigenvalue weighted by Gasteiger charge is -2.29. The minimum atomic E-state index is -0.621. The van der Waals surface area contributed by atoms with Crippen molar-refractivity contribution in [2.45, 2.75) is 25.8 Å². The lowest BCUT2D eigenvalue weighted by atomic mass is 10.00. The largest absolute Gasteiger partial charge is 0.463 e. The quantitative estimate of drug-likeness (QED) is 0.422.